The van der Waals surface area contributed by atoms with Gasteiger partial charge >= 0.3 is 0 Å². The maximum absolute atomic E-state index is 13.4. The van der Waals surface area contributed by atoms with Crippen LogP contribution in [0.2, 0.25) is 0 Å². The minimum Gasteiger partial charge on any atom is -0.342 e. The van der Waals surface area contributed by atoms with Crippen LogP contribution in [0.1, 0.15) is 52.4 Å². The molecule has 0 unspecified atom stereocenters. The number of aromatic nitrogens is 2. The number of nitriles is 1. The Bertz CT molecular complexity index is 1030. The molecular formula is C24H26N4O. The van der Waals surface area contributed by atoms with Crippen molar-refractivity contribution in [1.82, 2.24) is 14.5 Å². The van der Waals surface area contributed by atoms with E-state index in [9.17, 15) is 4.79 Å². The first-order valence-corrected chi connectivity index (χ1v) is 9.77. The predicted octanol–water partition coefficient (Wildman–Crippen LogP) is 4.47. The highest BCUT2D eigenvalue weighted by atomic mass is 16.2. The summed E-state index contributed by atoms with van der Waals surface area (Å²) in [5.41, 5.74) is 5.30. The van der Waals surface area contributed by atoms with Crippen LogP contribution in [0, 0.1) is 25.2 Å². The lowest BCUT2D eigenvalue weighted by molar-refractivity contribution is 0.0689. The number of aryl methyl sites for hydroxylation is 1. The second-order valence-electron chi connectivity index (χ2n) is 7.53. The number of benzene rings is 1. The van der Waals surface area contributed by atoms with Crippen molar-refractivity contribution >= 4 is 5.91 Å². The highest BCUT2D eigenvalue weighted by molar-refractivity contribution is 5.96. The van der Waals surface area contributed by atoms with Crippen molar-refractivity contribution in [2.45, 2.75) is 46.8 Å². The molecule has 0 saturated carbocycles. The molecule has 29 heavy (non-hydrogen) atoms. The molecule has 0 fully saturated rings. The van der Waals surface area contributed by atoms with Crippen LogP contribution in [0.5, 0.6) is 0 Å². The van der Waals surface area contributed by atoms with E-state index in [0.29, 0.717) is 18.7 Å². The summed E-state index contributed by atoms with van der Waals surface area (Å²) in [6, 6.07) is 17.4. The van der Waals surface area contributed by atoms with Gasteiger partial charge in [-0.1, -0.05) is 18.2 Å². The Labute approximate surface area is 172 Å². The molecule has 0 bridgehead atoms. The quantitative estimate of drug-likeness (QED) is 0.628. The lowest BCUT2D eigenvalue weighted by Crippen LogP contribution is -2.36. The summed E-state index contributed by atoms with van der Waals surface area (Å²) >= 11 is 0. The van der Waals surface area contributed by atoms with Crippen molar-refractivity contribution in [2.24, 2.45) is 0 Å². The molecule has 2 aromatic heterocycles. The van der Waals surface area contributed by atoms with Crippen LogP contribution in [-0.4, -0.2) is 26.4 Å². The van der Waals surface area contributed by atoms with Gasteiger partial charge in [0.25, 0.3) is 5.91 Å². The van der Waals surface area contributed by atoms with E-state index in [2.05, 4.69) is 15.6 Å². The van der Waals surface area contributed by atoms with Gasteiger partial charge in [0.05, 0.1) is 29.4 Å². The van der Waals surface area contributed by atoms with Gasteiger partial charge in [0.15, 0.2) is 0 Å². The maximum atomic E-state index is 13.4. The third-order valence-electron chi connectivity index (χ3n) is 5.17. The van der Waals surface area contributed by atoms with E-state index in [0.717, 1.165) is 28.2 Å². The minimum atomic E-state index is 0.0183. The zero-order chi connectivity index (χ0) is 21.0. The number of nitrogens with zero attached hydrogens (tertiary/aromatic N) is 4. The molecule has 0 atom stereocenters. The second-order valence-corrected chi connectivity index (χ2v) is 7.53. The van der Waals surface area contributed by atoms with Gasteiger partial charge in [-0.25, -0.2) is 0 Å². The molecule has 0 aliphatic rings. The molecule has 0 N–H and O–H groups in total. The summed E-state index contributed by atoms with van der Waals surface area (Å²) in [6.45, 7) is 9.20. The van der Waals surface area contributed by atoms with Crippen molar-refractivity contribution in [1.29, 1.82) is 5.26 Å². The van der Waals surface area contributed by atoms with Crippen LogP contribution in [0.15, 0.2) is 54.7 Å². The molecule has 0 aliphatic carbocycles. The lowest BCUT2D eigenvalue weighted by atomic mass is 10.1. The molecule has 0 aliphatic heterocycles. The summed E-state index contributed by atoms with van der Waals surface area (Å²) in [6.07, 6.45) is 1.79. The molecule has 3 rings (SSSR count). The zero-order valence-corrected chi connectivity index (χ0v) is 17.4. The average Bonchev–Trinajstić information content (AvgIpc) is 3.01. The van der Waals surface area contributed by atoms with Crippen LogP contribution >= 0.6 is 0 Å². The number of hydrogen-bond acceptors (Lipinski definition) is 3. The largest absolute Gasteiger partial charge is 0.342 e. The molecule has 5 heteroatoms. The van der Waals surface area contributed by atoms with E-state index in [1.54, 1.807) is 18.3 Å². The maximum Gasteiger partial charge on any atom is 0.256 e. The van der Waals surface area contributed by atoms with Crippen molar-refractivity contribution < 1.29 is 4.79 Å². The molecule has 0 spiro atoms. The standard InChI is InChI=1S/C24H26N4O/c1-17(2)27(15-21-10-8-20(14-25)9-11-21)24(29)23-13-18(3)28(19(23)4)16-22-7-5-6-12-26-22/h5-13,17H,15-16H2,1-4H3. The van der Waals surface area contributed by atoms with Gasteiger partial charge in [0, 0.05) is 30.2 Å². The van der Waals surface area contributed by atoms with Crippen molar-refractivity contribution in [3.8, 4) is 6.07 Å². The van der Waals surface area contributed by atoms with E-state index in [1.165, 1.54) is 0 Å². The third-order valence-corrected chi connectivity index (χ3v) is 5.17. The summed E-state index contributed by atoms with van der Waals surface area (Å²) in [7, 11) is 0. The van der Waals surface area contributed by atoms with Crippen LogP contribution < -0.4 is 0 Å². The van der Waals surface area contributed by atoms with Gasteiger partial charge < -0.3 is 9.47 Å². The molecule has 148 valence electrons. The topological polar surface area (TPSA) is 61.9 Å². The Morgan fingerprint density at radius 1 is 1.17 bits per heavy atom. The fourth-order valence-electron chi connectivity index (χ4n) is 3.44. The molecule has 1 amide bonds. The molecule has 3 aromatic rings. The highest BCUT2D eigenvalue weighted by Gasteiger charge is 2.23. The first kappa shape index (κ1) is 20.3. The normalized spacial score (nSPS) is 10.8. The molecule has 1 aromatic carbocycles. The van der Waals surface area contributed by atoms with Gasteiger partial charge in [0.1, 0.15) is 0 Å². The summed E-state index contributed by atoms with van der Waals surface area (Å²) in [4.78, 5) is 19.7. The summed E-state index contributed by atoms with van der Waals surface area (Å²) < 4.78 is 2.13. The van der Waals surface area contributed by atoms with E-state index in [4.69, 9.17) is 5.26 Å². The van der Waals surface area contributed by atoms with Crippen molar-refractivity contribution in [3.05, 3.63) is 88.5 Å². The van der Waals surface area contributed by atoms with Crippen LogP contribution in [0.3, 0.4) is 0 Å². The number of hydrogen-bond donors (Lipinski definition) is 0. The number of pyridine rings is 1. The number of carbonyl (C=O) groups excluding carboxylic acids is 1. The number of amides is 1. The van der Waals surface area contributed by atoms with Gasteiger partial charge in [-0.05, 0) is 63.6 Å². The van der Waals surface area contributed by atoms with E-state index < -0.39 is 0 Å². The summed E-state index contributed by atoms with van der Waals surface area (Å²) in [5.74, 6) is 0.0183. The van der Waals surface area contributed by atoms with E-state index in [-0.39, 0.29) is 11.9 Å². The van der Waals surface area contributed by atoms with Crippen molar-refractivity contribution in [3.63, 3.8) is 0 Å². The average molecular weight is 386 g/mol. The van der Waals surface area contributed by atoms with Crippen molar-refractivity contribution in [2.75, 3.05) is 0 Å². The fraction of sp³-hybridized carbons (Fsp3) is 0.292. The Morgan fingerprint density at radius 3 is 2.48 bits per heavy atom. The Balaban J connectivity index is 1.86. The minimum absolute atomic E-state index is 0.0183. The monoisotopic (exact) mass is 386 g/mol. The van der Waals surface area contributed by atoms with E-state index >= 15 is 0 Å². The second kappa shape index (κ2) is 8.74. The summed E-state index contributed by atoms with van der Waals surface area (Å²) in [5, 5.41) is 8.98. The lowest BCUT2D eigenvalue weighted by Gasteiger charge is -2.27. The third kappa shape index (κ3) is 4.55. The van der Waals surface area contributed by atoms with Gasteiger partial charge in [0.2, 0.25) is 0 Å². The van der Waals surface area contributed by atoms with Gasteiger partial charge in [-0.15, -0.1) is 0 Å². The van der Waals surface area contributed by atoms with Crippen LogP contribution in [-0.2, 0) is 13.1 Å². The molecule has 5 nitrogen and oxygen atoms in total. The Morgan fingerprint density at radius 2 is 1.90 bits per heavy atom. The Hall–Kier alpha value is -3.39. The van der Waals surface area contributed by atoms with Crippen LogP contribution in [0.25, 0.3) is 0 Å². The smallest absolute Gasteiger partial charge is 0.256 e. The fourth-order valence-corrected chi connectivity index (χ4v) is 3.44. The number of rotatable bonds is 6. The van der Waals surface area contributed by atoms with E-state index in [1.807, 2.05) is 69.0 Å². The molecular weight excluding hydrogens is 360 g/mol. The first-order valence-electron chi connectivity index (χ1n) is 9.77. The van der Waals surface area contributed by atoms with Gasteiger partial charge in [-0.3, -0.25) is 9.78 Å². The SMILES string of the molecule is Cc1cc(C(=O)N(Cc2ccc(C#N)cc2)C(C)C)c(C)n1Cc1ccccn1. The predicted molar refractivity (Wildman–Crippen MR) is 113 cm³/mol. The molecule has 0 radical (unpaired) electrons. The van der Waals surface area contributed by atoms with Gasteiger partial charge in [-0.2, -0.15) is 5.26 Å². The highest BCUT2D eigenvalue weighted by Crippen LogP contribution is 2.21. The Kier molecular flexibility index (Phi) is 6.13. The molecule has 2 heterocycles. The zero-order valence-electron chi connectivity index (χ0n) is 17.4. The first-order chi connectivity index (χ1) is 13.9. The van der Waals surface area contributed by atoms with Crippen LogP contribution in [0.4, 0.5) is 0 Å². The number of carbonyl (C=O) groups is 1. The molecule has 0 saturated heterocycles.